The number of hydrogen-bond acceptors (Lipinski definition) is 6. The van der Waals surface area contributed by atoms with Crippen LogP contribution in [0.15, 0.2) is 36.4 Å². The number of likely N-dealkylation sites (tertiary alicyclic amines) is 1. The molecular weight excluding hydrogens is 448 g/mol. The summed E-state index contributed by atoms with van der Waals surface area (Å²) in [5, 5.41) is 12.2. The molecule has 3 heterocycles. The van der Waals surface area contributed by atoms with Gasteiger partial charge in [0.2, 0.25) is 11.8 Å². The van der Waals surface area contributed by atoms with Crippen LogP contribution in [0.2, 0.25) is 0 Å². The number of carbonyl (C=O) groups is 3. The number of ether oxygens (including phenoxy) is 1. The van der Waals surface area contributed by atoms with Crippen molar-refractivity contribution in [3.05, 3.63) is 42.0 Å². The number of phenols is 1. The second-order valence-electron chi connectivity index (χ2n) is 9.43. The Kier molecular flexibility index (Phi) is 6.88. The zero-order valence-corrected chi connectivity index (χ0v) is 19.9. The van der Waals surface area contributed by atoms with Crippen LogP contribution in [0, 0.1) is 0 Å². The number of piperazine rings is 1. The van der Waals surface area contributed by atoms with Crippen molar-refractivity contribution in [3.8, 4) is 5.75 Å². The van der Waals surface area contributed by atoms with Crippen molar-refractivity contribution in [2.75, 3.05) is 65.6 Å². The zero-order valence-electron chi connectivity index (χ0n) is 19.9. The molecule has 3 saturated heterocycles. The summed E-state index contributed by atoms with van der Waals surface area (Å²) < 4.78 is 5.34. The third-order valence-electron chi connectivity index (χ3n) is 7.34. The van der Waals surface area contributed by atoms with Gasteiger partial charge in [-0.05, 0) is 24.3 Å². The van der Waals surface area contributed by atoms with Gasteiger partial charge in [-0.2, -0.15) is 0 Å². The lowest BCUT2D eigenvalue weighted by Crippen LogP contribution is -2.56. The lowest BCUT2D eigenvalue weighted by atomic mass is 10.0. The van der Waals surface area contributed by atoms with Crippen LogP contribution in [0.4, 0.5) is 0 Å². The second-order valence-corrected chi connectivity index (χ2v) is 9.43. The molecular formula is C26H32N4O5. The smallest absolute Gasteiger partial charge is 0.258 e. The predicted molar refractivity (Wildman–Crippen MR) is 130 cm³/mol. The van der Waals surface area contributed by atoms with Crippen LogP contribution in [0.1, 0.15) is 23.2 Å². The summed E-state index contributed by atoms with van der Waals surface area (Å²) in [4.78, 5) is 46.7. The third-order valence-corrected chi connectivity index (χ3v) is 7.34. The minimum Gasteiger partial charge on any atom is -0.506 e. The van der Waals surface area contributed by atoms with Gasteiger partial charge in [0.25, 0.3) is 5.91 Å². The first-order valence-electron chi connectivity index (χ1n) is 12.4. The van der Waals surface area contributed by atoms with Crippen molar-refractivity contribution in [2.45, 2.75) is 18.9 Å². The van der Waals surface area contributed by atoms with Crippen molar-refractivity contribution in [2.24, 2.45) is 0 Å². The molecule has 2 aromatic rings. The molecule has 0 spiro atoms. The van der Waals surface area contributed by atoms with E-state index in [0.717, 1.165) is 24.9 Å². The largest absolute Gasteiger partial charge is 0.506 e. The van der Waals surface area contributed by atoms with Gasteiger partial charge in [0.05, 0.1) is 25.3 Å². The van der Waals surface area contributed by atoms with Crippen LogP contribution in [-0.4, -0.2) is 114 Å². The van der Waals surface area contributed by atoms with Crippen LogP contribution in [0.25, 0.3) is 10.8 Å². The zero-order chi connectivity index (χ0) is 24.4. The average Bonchev–Trinajstić information content (AvgIpc) is 3.39. The minimum atomic E-state index is -0.538. The molecule has 5 rings (SSSR count). The van der Waals surface area contributed by atoms with Crippen molar-refractivity contribution >= 4 is 28.5 Å². The normalized spacial score (nSPS) is 21.5. The number of benzene rings is 2. The monoisotopic (exact) mass is 480 g/mol. The molecule has 0 saturated carbocycles. The van der Waals surface area contributed by atoms with E-state index in [9.17, 15) is 19.5 Å². The van der Waals surface area contributed by atoms with E-state index in [2.05, 4.69) is 4.90 Å². The van der Waals surface area contributed by atoms with Crippen molar-refractivity contribution in [1.82, 2.24) is 19.6 Å². The van der Waals surface area contributed by atoms with Gasteiger partial charge in [-0.25, -0.2) is 0 Å². The van der Waals surface area contributed by atoms with E-state index in [-0.39, 0.29) is 29.0 Å². The van der Waals surface area contributed by atoms with Gasteiger partial charge in [0.1, 0.15) is 11.8 Å². The Bertz CT molecular complexity index is 1110. The Morgan fingerprint density at radius 2 is 1.60 bits per heavy atom. The number of morpholine rings is 1. The number of aromatic hydroxyl groups is 1. The van der Waals surface area contributed by atoms with E-state index in [4.69, 9.17) is 4.74 Å². The molecule has 3 aliphatic rings. The van der Waals surface area contributed by atoms with Gasteiger partial charge in [0, 0.05) is 51.2 Å². The maximum Gasteiger partial charge on any atom is 0.258 e. The number of nitrogens with zero attached hydrogens (tertiary/aromatic N) is 4. The fraction of sp³-hybridized carbons (Fsp3) is 0.500. The number of carbonyl (C=O) groups excluding carboxylic acids is 3. The van der Waals surface area contributed by atoms with Crippen molar-refractivity contribution < 1.29 is 24.2 Å². The fourth-order valence-corrected chi connectivity index (χ4v) is 5.29. The highest BCUT2D eigenvalue weighted by Crippen LogP contribution is 2.31. The van der Waals surface area contributed by atoms with Gasteiger partial charge >= 0.3 is 0 Å². The van der Waals surface area contributed by atoms with Crippen LogP contribution < -0.4 is 0 Å². The molecule has 1 N–H and O–H groups in total. The number of rotatable bonds is 4. The topological polar surface area (TPSA) is 93.6 Å². The van der Waals surface area contributed by atoms with E-state index in [0.29, 0.717) is 64.3 Å². The maximum absolute atomic E-state index is 13.4. The SMILES string of the molecule is O=C(CN1CCOCC1)N1CCN(C(=O)C2CCCN2C(=O)c2ccc3ccccc3c2O)CC1. The van der Waals surface area contributed by atoms with Crippen LogP contribution in [-0.2, 0) is 14.3 Å². The molecule has 0 aromatic heterocycles. The van der Waals surface area contributed by atoms with Crippen LogP contribution in [0.3, 0.4) is 0 Å². The Morgan fingerprint density at radius 1 is 0.886 bits per heavy atom. The second kappa shape index (κ2) is 10.2. The van der Waals surface area contributed by atoms with Gasteiger partial charge in [-0.15, -0.1) is 0 Å². The fourth-order valence-electron chi connectivity index (χ4n) is 5.29. The highest BCUT2D eigenvalue weighted by molar-refractivity contribution is 6.05. The maximum atomic E-state index is 13.4. The number of amides is 3. The van der Waals surface area contributed by atoms with Gasteiger partial charge in [-0.1, -0.05) is 30.3 Å². The van der Waals surface area contributed by atoms with E-state index >= 15 is 0 Å². The lowest BCUT2D eigenvalue weighted by molar-refractivity contribution is -0.142. The molecule has 9 heteroatoms. The van der Waals surface area contributed by atoms with Gasteiger partial charge in [-0.3, -0.25) is 19.3 Å². The first kappa shape index (κ1) is 23.6. The van der Waals surface area contributed by atoms with Crippen LogP contribution in [0.5, 0.6) is 5.75 Å². The molecule has 0 aliphatic carbocycles. The van der Waals surface area contributed by atoms with E-state index in [1.807, 2.05) is 29.2 Å². The van der Waals surface area contributed by atoms with Gasteiger partial charge < -0.3 is 24.5 Å². The summed E-state index contributed by atoms with van der Waals surface area (Å²) in [6, 6.07) is 10.3. The summed E-state index contributed by atoms with van der Waals surface area (Å²) in [6.45, 7) is 5.65. The van der Waals surface area contributed by atoms with E-state index < -0.39 is 6.04 Å². The quantitative estimate of drug-likeness (QED) is 0.706. The van der Waals surface area contributed by atoms with Gasteiger partial charge in [0.15, 0.2) is 0 Å². The Balaban J connectivity index is 1.21. The highest BCUT2D eigenvalue weighted by Gasteiger charge is 2.38. The molecule has 0 radical (unpaired) electrons. The summed E-state index contributed by atoms with van der Waals surface area (Å²) in [6.07, 6.45) is 1.35. The third kappa shape index (κ3) is 4.83. The molecule has 1 unspecified atom stereocenters. The molecule has 9 nitrogen and oxygen atoms in total. The highest BCUT2D eigenvalue weighted by atomic mass is 16.5. The summed E-state index contributed by atoms with van der Waals surface area (Å²) in [5.41, 5.74) is 0.224. The van der Waals surface area contributed by atoms with E-state index in [1.54, 1.807) is 21.9 Å². The lowest BCUT2D eigenvalue weighted by Gasteiger charge is -2.38. The standard InChI is InChI=1S/C26H32N4O5/c31-23(18-27-14-16-35-17-15-27)28-10-12-29(13-11-28)26(34)22-6-3-9-30(22)25(33)21-8-7-19-4-1-2-5-20(19)24(21)32/h1-2,4-5,7-8,22,32H,3,6,9-18H2. The average molecular weight is 481 g/mol. The van der Waals surface area contributed by atoms with Crippen molar-refractivity contribution in [3.63, 3.8) is 0 Å². The number of phenolic OH excluding ortho intramolecular Hbond substituents is 1. The summed E-state index contributed by atoms with van der Waals surface area (Å²) in [7, 11) is 0. The first-order valence-corrected chi connectivity index (χ1v) is 12.4. The number of hydrogen-bond donors (Lipinski definition) is 1. The summed E-state index contributed by atoms with van der Waals surface area (Å²) in [5.74, 6) is -0.345. The first-order chi connectivity index (χ1) is 17.0. The Hall–Kier alpha value is -3.17. The molecule has 3 fully saturated rings. The molecule has 3 aliphatic heterocycles. The molecule has 1 atom stereocenters. The van der Waals surface area contributed by atoms with E-state index in [1.165, 1.54) is 0 Å². The molecule has 3 amide bonds. The molecule has 0 bridgehead atoms. The molecule has 2 aromatic carbocycles. The predicted octanol–water partition coefficient (Wildman–Crippen LogP) is 1.15. The Labute approximate surface area is 204 Å². The van der Waals surface area contributed by atoms with Crippen molar-refractivity contribution in [1.29, 1.82) is 0 Å². The summed E-state index contributed by atoms with van der Waals surface area (Å²) >= 11 is 0. The molecule has 186 valence electrons. The molecule has 35 heavy (non-hydrogen) atoms. The van der Waals surface area contributed by atoms with Crippen LogP contribution >= 0.6 is 0 Å². The number of fused-ring (bicyclic) bond motifs is 1. The minimum absolute atomic E-state index is 0.0430. The Morgan fingerprint density at radius 3 is 2.37 bits per heavy atom.